The molecule has 234 valence electrons. The van der Waals surface area contributed by atoms with E-state index in [0.717, 1.165) is 0 Å². The van der Waals surface area contributed by atoms with E-state index < -0.39 is 68.0 Å². The first-order valence-corrected chi connectivity index (χ1v) is 13.5. The van der Waals surface area contributed by atoms with Crippen molar-refractivity contribution >= 4 is 11.0 Å². The molecular weight excluding hydrogens is 572 g/mol. The Kier molecular flexibility index (Phi) is 9.22. The molecule has 0 unspecified atom stereocenters. The number of benzene rings is 2. The Morgan fingerprint density at radius 1 is 0.767 bits per heavy atom. The molecule has 2 aromatic carbocycles. The Hall–Kier alpha value is -3.31. The maximum absolute atomic E-state index is 13.3. The fourth-order valence-corrected chi connectivity index (χ4v) is 4.98. The summed E-state index contributed by atoms with van der Waals surface area (Å²) in [6.07, 6.45) is -13.3. The number of hydrogen-bond acceptors (Lipinski definition) is 14. The van der Waals surface area contributed by atoms with E-state index in [1.807, 2.05) is 0 Å². The van der Waals surface area contributed by atoms with E-state index >= 15 is 0 Å². The van der Waals surface area contributed by atoms with Crippen LogP contribution in [0, 0.1) is 0 Å². The number of fused-ring (bicyclic) bond motifs is 1. The molecule has 6 N–H and O–H groups in total. The molecule has 0 radical (unpaired) electrons. The Labute approximate surface area is 245 Å². The molecule has 1 aromatic heterocycles. The summed E-state index contributed by atoms with van der Waals surface area (Å²) in [5, 5.41) is 61.9. The SMILES string of the molecule is COc1ccc(-c2coc3cc(O[C@@H]4O[C@@H](CO[C@H]5O[C@@H](C)[C@@H](O)[C@H](O)[C@@H]5O)[C@H](O)[C@H](O)[C@@H]4O)c(OC)cc3c2=O)cc1. The largest absolute Gasteiger partial charge is 0.497 e. The fraction of sp³-hybridized carbons (Fsp3) is 0.483. The predicted molar refractivity (Wildman–Crippen MR) is 147 cm³/mol. The summed E-state index contributed by atoms with van der Waals surface area (Å²) in [5.41, 5.74) is 0.726. The van der Waals surface area contributed by atoms with Crippen molar-refractivity contribution in [2.75, 3.05) is 20.8 Å². The molecule has 2 fully saturated rings. The van der Waals surface area contributed by atoms with Crippen LogP contribution in [0.4, 0.5) is 0 Å². The van der Waals surface area contributed by atoms with Gasteiger partial charge in [-0.1, -0.05) is 12.1 Å². The predicted octanol–water partition coefficient (Wildman–Crippen LogP) is -0.492. The molecule has 14 nitrogen and oxygen atoms in total. The first kappa shape index (κ1) is 31.1. The van der Waals surface area contributed by atoms with Gasteiger partial charge in [0, 0.05) is 6.07 Å². The minimum Gasteiger partial charge on any atom is -0.497 e. The monoisotopic (exact) mass is 606 g/mol. The Bertz CT molecular complexity index is 1460. The quantitative estimate of drug-likeness (QED) is 0.191. The van der Waals surface area contributed by atoms with Gasteiger partial charge in [-0.25, -0.2) is 0 Å². The van der Waals surface area contributed by atoms with E-state index in [0.29, 0.717) is 16.9 Å². The molecule has 2 aliphatic rings. The van der Waals surface area contributed by atoms with Gasteiger partial charge in [0.1, 0.15) is 60.3 Å². The van der Waals surface area contributed by atoms with Crippen molar-refractivity contribution < 1.29 is 63.5 Å². The van der Waals surface area contributed by atoms with Crippen molar-refractivity contribution in [1.82, 2.24) is 0 Å². The van der Waals surface area contributed by atoms with E-state index in [2.05, 4.69) is 0 Å². The van der Waals surface area contributed by atoms with Crippen LogP contribution in [0.3, 0.4) is 0 Å². The molecule has 0 saturated carbocycles. The smallest absolute Gasteiger partial charge is 0.229 e. The Balaban J connectivity index is 1.35. The van der Waals surface area contributed by atoms with Crippen molar-refractivity contribution in [2.45, 2.75) is 68.3 Å². The van der Waals surface area contributed by atoms with Gasteiger partial charge >= 0.3 is 0 Å². The van der Waals surface area contributed by atoms with Gasteiger partial charge in [0.15, 0.2) is 17.8 Å². The number of ether oxygens (including phenoxy) is 6. The highest BCUT2D eigenvalue weighted by atomic mass is 16.7. The third-order valence-corrected chi connectivity index (χ3v) is 7.60. The van der Waals surface area contributed by atoms with Gasteiger partial charge in [-0.05, 0) is 30.7 Å². The summed E-state index contributed by atoms with van der Waals surface area (Å²) in [7, 11) is 2.88. The molecular formula is C29H34O14. The third kappa shape index (κ3) is 6.06. The molecule has 10 atom stereocenters. The molecule has 0 aliphatic carbocycles. The van der Waals surface area contributed by atoms with E-state index in [4.69, 9.17) is 32.8 Å². The van der Waals surface area contributed by atoms with E-state index in [1.54, 1.807) is 24.3 Å². The normalized spacial score (nSPS) is 32.9. The van der Waals surface area contributed by atoms with Crippen molar-refractivity contribution in [1.29, 1.82) is 0 Å². The van der Waals surface area contributed by atoms with Crippen LogP contribution in [0.2, 0.25) is 0 Å². The summed E-state index contributed by atoms with van der Waals surface area (Å²) in [5.74, 6) is 0.722. The first-order chi connectivity index (χ1) is 20.5. The minimum atomic E-state index is -1.73. The number of aliphatic hydroxyl groups is 6. The fourth-order valence-electron chi connectivity index (χ4n) is 4.98. The van der Waals surface area contributed by atoms with Crippen molar-refractivity contribution in [3.05, 3.63) is 52.9 Å². The lowest BCUT2D eigenvalue weighted by atomic mass is 9.98. The lowest BCUT2D eigenvalue weighted by Crippen LogP contribution is -2.61. The average Bonchev–Trinajstić information content (AvgIpc) is 3.02. The Morgan fingerprint density at radius 2 is 1.44 bits per heavy atom. The molecule has 0 amide bonds. The first-order valence-electron chi connectivity index (χ1n) is 13.5. The molecule has 14 heteroatoms. The second-order valence-corrected chi connectivity index (χ2v) is 10.4. The summed E-state index contributed by atoms with van der Waals surface area (Å²) in [6, 6.07) is 9.66. The van der Waals surface area contributed by atoms with Gasteiger partial charge in [-0.2, -0.15) is 0 Å². The van der Waals surface area contributed by atoms with Crippen LogP contribution in [0.5, 0.6) is 17.2 Å². The van der Waals surface area contributed by atoms with Crippen LogP contribution >= 0.6 is 0 Å². The molecule has 0 spiro atoms. The second kappa shape index (κ2) is 12.7. The van der Waals surface area contributed by atoms with Crippen molar-refractivity contribution in [3.63, 3.8) is 0 Å². The zero-order chi connectivity index (χ0) is 31.0. The average molecular weight is 607 g/mol. The molecule has 3 heterocycles. The van der Waals surface area contributed by atoms with Crippen molar-refractivity contribution in [2.24, 2.45) is 0 Å². The van der Waals surface area contributed by atoms with E-state index in [1.165, 1.54) is 39.5 Å². The van der Waals surface area contributed by atoms with Gasteiger partial charge in [-0.15, -0.1) is 0 Å². The molecule has 43 heavy (non-hydrogen) atoms. The number of methoxy groups -OCH3 is 2. The zero-order valence-corrected chi connectivity index (χ0v) is 23.5. The maximum Gasteiger partial charge on any atom is 0.229 e. The number of aliphatic hydroxyl groups excluding tert-OH is 6. The summed E-state index contributed by atoms with van der Waals surface area (Å²) in [4.78, 5) is 13.3. The van der Waals surface area contributed by atoms with E-state index in [-0.39, 0.29) is 27.9 Å². The standard InChI is InChI=1S/C29H34O14/c1-12-21(30)24(33)26(35)28(41-12)40-11-20-23(32)25(34)27(36)29(43-20)42-19-9-17-15(8-18(19)38-3)22(31)16(10-39-17)13-4-6-14(37-2)7-5-13/h4-10,12,20-21,23-30,32-36H,11H2,1-3H3/t12-,20-,21+,23-,24-,25-,26-,27-,28-,29+/m0/s1. The third-order valence-electron chi connectivity index (χ3n) is 7.60. The van der Waals surface area contributed by atoms with Crippen LogP contribution in [-0.4, -0.2) is 113 Å². The van der Waals surface area contributed by atoms with Crippen LogP contribution in [-0.2, 0) is 14.2 Å². The Morgan fingerprint density at radius 3 is 2.12 bits per heavy atom. The summed E-state index contributed by atoms with van der Waals surface area (Å²) < 4.78 is 38.7. The summed E-state index contributed by atoms with van der Waals surface area (Å²) in [6.45, 7) is 1.02. The molecule has 3 aromatic rings. The molecule has 5 rings (SSSR count). The van der Waals surface area contributed by atoms with Crippen molar-refractivity contribution in [3.8, 4) is 28.4 Å². The van der Waals surface area contributed by atoms with Gasteiger partial charge in [0.25, 0.3) is 0 Å². The van der Waals surface area contributed by atoms with E-state index in [9.17, 15) is 35.4 Å². The van der Waals surface area contributed by atoms with Crippen LogP contribution in [0.15, 0.2) is 51.9 Å². The van der Waals surface area contributed by atoms with Gasteiger partial charge in [0.2, 0.25) is 11.7 Å². The lowest BCUT2D eigenvalue weighted by molar-refractivity contribution is -0.318. The van der Waals surface area contributed by atoms with Crippen LogP contribution < -0.4 is 19.6 Å². The van der Waals surface area contributed by atoms with Gasteiger partial charge < -0.3 is 63.5 Å². The summed E-state index contributed by atoms with van der Waals surface area (Å²) >= 11 is 0. The zero-order valence-electron chi connectivity index (χ0n) is 23.5. The number of hydrogen-bond donors (Lipinski definition) is 6. The number of rotatable bonds is 8. The molecule has 0 bridgehead atoms. The molecule has 2 saturated heterocycles. The van der Waals surface area contributed by atoms with Gasteiger partial charge in [-0.3, -0.25) is 4.79 Å². The highest BCUT2D eigenvalue weighted by Gasteiger charge is 2.47. The van der Waals surface area contributed by atoms with Crippen LogP contribution in [0.1, 0.15) is 6.92 Å². The maximum atomic E-state index is 13.3. The topological polar surface area (TPSA) is 207 Å². The highest BCUT2D eigenvalue weighted by molar-refractivity contribution is 5.84. The van der Waals surface area contributed by atoms with Crippen LogP contribution in [0.25, 0.3) is 22.1 Å². The molecule has 2 aliphatic heterocycles. The highest BCUT2D eigenvalue weighted by Crippen LogP contribution is 2.35. The lowest BCUT2D eigenvalue weighted by Gasteiger charge is -2.42. The minimum absolute atomic E-state index is 0.000346. The van der Waals surface area contributed by atoms with Gasteiger partial charge in [0.05, 0.1) is 37.9 Å². The second-order valence-electron chi connectivity index (χ2n) is 10.4.